The van der Waals surface area contributed by atoms with Gasteiger partial charge in [0.05, 0.1) is 6.10 Å². The molecule has 5 N–H and O–H groups in total. The van der Waals surface area contributed by atoms with Gasteiger partial charge in [0, 0.05) is 49.3 Å². The van der Waals surface area contributed by atoms with Crippen molar-refractivity contribution in [1.82, 2.24) is 55.6 Å². The predicted octanol–water partition coefficient (Wildman–Crippen LogP) is 3.96. The van der Waals surface area contributed by atoms with Crippen LogP contribution in [0.3, 0.4) is 0 Å². The highest BCUT2D eigenvalue weighted by molar-refractivity contribution is 7.99. The van der Waals surface area contributed by atoms with Crippen molar-refractivity contribution >= 4 is 76.7 Å². The number of nitrogens with zero attached hydrogens (tertiary/aromatic N) is 7. The summed E-state index contributed by atoms with van der Waals surface area (Å²) in [5, 5.41) is 22.0. The van der Waals surface area contributed by atoms with Gasteiger partial charge in [0.15, 0.2) is 5.37 Å². The Morgan fingerprint density at radius 3 is 1.28 bits per heavy atom. The van der Waals surface area contributed by atoms with Crippen LogP contribution in [-0.2, 0) is 52.7 Å². The van der Waals surface area contributed by atoms with E-state index in [-0.39, 0.29) is 55.8 Å². The van der Waals surface area contributed by atoms with Crippen LogP contribution in [0.15, 0.2) is 12.2 Å². The minimum Gasteiger partial charge on any atom is -0.390 e. The number of nitrogens with one attached hydrogen (secondary N) is 4. The number of hydrogen-bond acceptors (Lipinski definition) is 13. The molecule has 1 unspecified atom stereocenters. The van der Waals surface area contributed by atoms with Gasteiger partial charge in [0.2, 0.25) is 59.1 Å². The van der Waals surface area contributed by atoms with Crippen molar-refractivity contribution < 1.29 is 57.8 Å². The first kappa shape index (κ1) is 79.2. The Labute approximate surface area is 525 Å². The summed E-state index contributed by atoms with van der Waals surface area (Å²) >= 11 is 1.02. The van der Waals surface area contributed by atoms with Gasteiger partial charge in [0.1, 0.15) is 60.4 Å². The highest BCUT2D eigenvalue weighted by Gasteiger charge is 2.46. The highest BCUT2D eigenvalue weighted by Crippen LogP contribution is 2.27. The van der Waals surface area contributed by atoms with Gasteiger partial charge < -0.3 is 60.7 Å². The van der Waals surface area contributed by atoms with E-state index < -0.39 is 155 Å². The number of allylic oxidation sites excluding steroid dienone is 2. The molecular formula is C63H113N11O12S. The third-order valence-electron chi connectivity index (χ3n) is 16.4. The zero-order chi connectivity index (χ0) is 67.6. The first-order valence-corrected chi connectivity index (χ1v) is 32.4. The van der Waals surface area contributed by atoms with Gasteiger partial charge in [-0.2, -0.15) is 0 Å². The number of carbonyl (C=O) groups is 11. The van der Waals surface area contributed by atoms with Gasteiger partial charge in [-0.15, -0.1) is 11.8 Å². The lowest BCUT2D eigenvalue weighted by molar-refractivity contribution is -0.157. The fraction of sp³-hybridized carbons (Fsp3) is 0.794. The van der Waals surface area contributed by atoms with Crippen LogP contribution in [0.5, 0.6) is 0 Å². The lowest BCUT2D eigenvalue weighted by Crippen LogP contribution is -2.64. The maximum absolute atomic E-state index is 15.2. The number of thioether (sulfide) groups is 1. The number of amides is 11. The molecule has 11 amide bonds. The molecule has 0 spiro atoms. The minimum atomic E-state index is -1.62. The van der Waals surface area contributed by atoms with Crippen molar-refractivity contribution in [3.05, 3.63) is 12.2 Å². The number of likely N-dealkylation sites (N-methyl/N-ethyl adjacent to an activating group) is 7. The van der Waals surface area contributed by atoms with Crippen molar-refractivity contribution in [2.75, 3.05) is 55.6 Å². The SMILES string of the molecule is C/C=C/C[C@@H](C)[C@@H](O)[C@H]1C(=O)N[C@@H](CC)C(=O)N(C)C(SC)C(=O)N(C)[C@@H](CC(C)C)C(=O)N[C@@H](C(C)C)C(=O)N(C)[C@@H](CC(C)C)C(=O)N[C@@H](C)C(=O)N[C@H](C)C(=O)N(C)[C@@H](CC(C)C)C(=O)N(C)[C@@H](CC(C)C)C(=O)N(C)[C@@H](C(C)C)C(=O)N1C. The molecular weight excluding hydrogens is 1130 g/mol. The summed E-state index contributed by atoms with van der Waals surface area (Å²) in [5.41, 5.74) is 0. The Kier molecular flexibility index (Phi) is 32.8. The second kappa shape index (κ2) is 36.0. The maximum Gasteiger partial charge on any atom is 0.256 e. The number of aliphatic hydroxyl groups excluding tert-OH is 1. The topological polar surface area (TPSA) is 279 Å². The van der Waals surface area contributed by atoms with Crippen LogP contribution in [-0.4, -0.2) is 232 Å². The van der Waals surface area contributed by atoms with Crippen LogP contribution >= 0.6 is 11.8 Å². The van der Waals surface area contributed by atoms with Crippen molar-refractivity contribution in [3.63, 3.8) is 0 Å². The van der Waals surface area contributed by atoms with E-state index >= 15 is 9.59 Å². The molecule has 1 aliphatic rings. The van der Waals surface area contributed by atoms with Gasteiger partial charge >= 0.3 is 0 Å². The minimum absolute atomic E-state index is 0.0101. The fourth-order valence-electron chi connectivity index (χ4n) is 11.0. The number of carbonyl (C=O) groups excluding carboxylic acids is 11. The molecule has 13 atom stereocenters. The zero-order valence-corrected chi connectivity index (χ0v) is 58.2. The van der Waals surface area contributed by atoms with Gasteiger partial charge in [-0.25, -0.2) is 0 Å². The summed E-state index contributed by atoms with van der Waals surface area (Å²) in [6.07, 6.45) is 4.61. The monoisotopic (exact) mass is 1250 g/mol. The summed E-state index contributed by atoms with van der Waals surface area (Å²) in [6, 6.07) is -12.4. The quantitative estimate of drug-likeness (QED) is 0.137. The smallest absolute Gasteiger partial charge is 0.256 e. The second-order valence-corrected chi connectivity index (χ2v) is 27.3. The first-order chi connectivity index (χ1) is 40.2. The van der Waals surface area contributed by atoms with E-state index in [2.05, 4.69) is 21.3 Å². The fourth-order valence-corrected chi connectivity index (χ4v) is 11.8. The molecule has 1 fully saturated rings. The summed E-state index contributed by atoms with van der Waals surface area (Å²) in [5.74, 6) is -9.78. The molecule has 1 heterocycles. The molecule has 1 rings (SSSR count). The van der Waals surface area contributed by atoms with E-state index in [9.17, 15) is 48.3 Å². The molecule has 0 saturated carbocycles. The molecule has 0 bridgehead atoms. The molecule has 498 valence electrons. The molecule has 24 heteroatoms. The van der Waals surface area contributed by atoms with E-state index in [1.807, 2.05) is 61.5 Å². The van der Waals surface area contributed by atoms with Crippen LogP contribution in [0, 0.1) is 41.4 Å². The van der Waals surface area contributed by atoms with Crippen LogP contribution in [0.25, 0.3) is 0 Å². The van der Waals surface area contributed by atoms with Gasteiger partial charge in [-0.3, -0.25) is 52.7 Å². The average Bonchev–Trinajstić information content (AvgIpc) is 1.23. The molecule has 23 nitrogen and oxygen atoms in total. The Hall–Kier alpha value is -5.78. The van der Waals surface area contributed by atoms with E-state index in [1.165, 1.54) is 92.6 Å². The zero-order valence-electron chi connectivity index (χ0n) is 57.3. The van der Waals surface area contributed by atoms with Crippen molar-refractivity contribution in [2.24, 2.45) is 41.4 Å². The summed E-state index contributed by atoms with van der Waals surface area (Å²) in [4.78, 5) is 170. The summed E-state index contributed by atoms with van der Waals surface area (Å²) in [6.45, 7) is 29.9. The molecule has 0 aromatic rings. The molecule has 0 radical (unpaired) electrons. The van der Waals surface area contributed by atoms with Crippen molar-refractivity contribution in [2.45, 2.75) is 228 Å². The Bertz CT molecular complexity index is 2390. The van der Waals surface area contributed by atoms with E-state index in [0.29, 0.717) is 6.42 Å². The van der Waals surface area contributed by atoms with Gasteiger partial charge in [-0.05, 0) is 107 Å². The lowest BCUT2D eigenvalue weighted by Gasteiger charge is -2.41. The first-order valence-electron chi connectivity index (χ1n) is 31.1. The maximum atomic E-state index is 15.2. The van der Waals surface area contributed by atoms with Crippen molar-refractivity contribution in [1.29, 1.82) is 0 Å². The average molecular weight is 1250 g/mol. The predicted molar refractivity (Wildman–Crippen MR) is 341 cm³/mol. The molecule has 1 aliphatic heterocycles. The van der Waals surface area contributed by atoms with Crippen molar-refractivity contribution in [3.8, 4) is 0 Å². The van der Waals surface area contributed by atoms with E-state index in [1.54, 1.807) is 60.8 Å². The Balaban J connectivity index is 4.41. The largest absolute Gasteiger partial charge is 0.390 e. The van der Waals surface area contributed by atoms with Crippen LogP contribution < -0.4 is 21.3 Å². The molecule has 0 aromatic carbocycles. The molecule has 1 saturated heterocycles. The summed E-state index contributed by atoms with van der Waals surface area (Å²) in [7, 11) is 9.97. The Morgan fingerprint density at radius 2 is 0.851 bits per heavy atom. The second-order valence-electron chi connectivity index (χ2n) is 26.4. The van der Waals surface area contributed by atoms with Crippen LogP contribution in [0.2, 0.25) is 0 Å². The van der Waals surface area contributed by atoms with E-state index in [4.69, 9.17) is 0 Å². The standard InChI is InChI=1S/C63H113N11O12S/c1-26-28-29-40(15)51(75)50-55(79)66-43(27-2)57(81)74(24)63(87-25)62(86)69(19)45(31-35(5)6)54(78)67-48(38(11)12)60(84)68(18)44(30-34(3)4)53(77)64-41(16)52(76)65-42(17)56(80)70(20)46(32-36(7)8)58(82)71(21)47(33-37(9)10)59(83)72(22)49(39(13)14)61(85)73(50)23/h26,28,34-51,63,75H,27,29-33H2,1-25H3,(H,64,77)(H,65,76)(H,66,79)(H,67,78)/b28-26+/t40-,41+,42-,43+,44+,45+,46+,47+,48+,49+,50+,51-,63?/m1/s1. The molecule has 0 aliphatic carbocycles. The van der Waals surface area contributed by atoms with Crippen LogP contribution in [0.4, 0.5) is 0 Å². The summed E-state index contributed by atoms with van der Waals surface area (Å²) < 4.78 is 0. The Morgan fingerprint density at radius 1 is 0.448 bits per heavy atom. The van der Waals surface area contributed by atoms with Gasteiger partial charge in [-0.1, -0.05) is 109 Å². The lowest BCUT2D eigenvalue weighted by atomic mass is 9.91. The van der Waals surface area contributed by atoms with Gasteiger partial charge in [0.25, 0.3) is 5.91 Å². The van der Waals surface area contributed by atoms with E-state index in [0.717, 1.165) is 16.7 Å². The third-order valence-corrected chi connectivity index (χ3v) is 17.4. The number of hydrogen-bond donors (Lipinski definition) is 5. The third kappa shape index (κ3) is 21.8. The normalized spacial score (nSPS) is 27.4. The molecule has 0 aromatic heterocycles. The van der Waals surface area contributed by atoms with Crippen LogP contribution in [0.1, 0.15) is 156 Å². The highest BCUT2D eigenvalue weighted by atomic mass is 32.2. The number of rotatable bonds is 16. The molecule has 87 heavy (non-hydrogen) atoms. The number of aliphatic hydroxyl groups is 1.